The van der Waals surface area contributed by atoms with Crippen LogP contribution in [0.4, 0.5) is 0 Å². The van der Waals surface area contributed by atoms with Gasteiger partial charge in [-0.1, -0.05) is 29.5 Å². The van der Waals surface area contributed by atoms with Crippen LogP contribution in [0.15, 0.2) is 40.4 Å². The first-order valence-corrected chi connectivity index (χ1v) is 11.1. The number of nitrogens with one attached hydrogen (secondary N) is 1. The van der Waals surface area contributed by atoms with E-state index in [0.29, 0.717) is 41.7 Å². The highest BCUT2D eigenvalue weighted by molar-refractivity contribution is 7.99. The Morgan fingerprint density at radius 3 is 2.90 bits per heavy atom. The average Bonchev–Trinajstić information content (AvgIpc) is 3.34. The number of rotatable bonds is 8. The summed E-state index contributed by atoms with van der Waals surface area (Å²) in [5.74, 6) is 0.589. The maximum Gasteiger partial charge on any atom is 0.265 e. The van der Waals surface area contributed by atoms with Gasteiger partial charge in [-0.15, -0.1) is 0 Å². The highest BCUT2D eigenvalue weighted by Gasteiger charge is 2.29. The van der Waals surface area contributed by atoms with Crippen molar-refractivity contribution >= 4 is 28.7 Å². The molecule has 0 saturated carbocycles. The predicted molar refractivity (Wildman–Crippen MR) is 116 cm³/mol. The van der Waals surface area contributed by atoms with Crippen LogP contribution in [0.1, 0.15) is 31.4 Å². The number of hydrogen-bond acceptors (Lipinski definition) is 6. The van der Waals surface area contributed by atoms with E-state index in [9.17, 15) is 9.59 Å². The van der Waals surface area contributed by atoms with Crippen molar-refractivity contribution in [1.29, 1.82) is 0 Å². The summed E-state index contributed by atoms with van der Waals surface area (Å²) in [6.45, 7) is 5.84. The minimum atomic E-state index is -0.205. The Balaban J connectivity index is 1.53. The lowest BCUT2D eigenvalue weighted by Gasteiger charge is -2.13. The number of thioether (sulfide) groups is 1. The lowest BCUT2D eigenvalue weighted by atomic mass is 10.2. The van der Waals surface area contributed by atoms with Gasteiger partial charge in [0.15, 0.2) is 10.8 Å². The van der Waals surface area contributed by atoms with Crippen molar-refractivity contribution in [3.63, 3.8) is 0 Å². The van der Waals surface area contributed by atoms with Gasteiger partial charge in [0.25, 0.3) is 5.56 Å². The van der Waals surface area contributed by atoms with Crippen LogP contribution in [0.3, 0.4) is 0 Å². The van der Waals surface area contributed by atoms with Crippen LogP contribution >= 0.6 is 11.8 Å². The van der Waals surface area contributed by atoms with Crippen LogP contribution in [0.25, 0.3) is 16.7 Å². The van der Waals surface area contributed by atoms with Crippen molar-refractivity contribution in [1.82, 2.24) is 24.6 Å². The highest BCUT2D eigenvalue weighted by Crippen LogP contribution is 2.33. The van der Waals surface area contributed by atoms with Crippen LogP contribution in [-0.2, 0) is 9.53 Å². The molecule has 1 unspecified atom stereocenters. The molecule has 0 spiro atoms. The molecule has 8 nitrogen and oxygen atoms in total. The Hall–Kier alpha value is -2.65. The molecule has 1 amide bonds. The fourth-order valence-electron chi connectivity index (χ4n) is 3.49. The van der Waals surface area contributed by atoms with Crippen molar-refractivity contribution < 1.29 is 9.53 Å². The first-order chi connectivity index (χ1) is 14.6. The van der Waals surface area contributed by atoms with Crippen molar-refractivity contribution in [2.75, 3.05) is 25.5 Å². The lowest BCUT2D eigenvalue weighted by molar-refractivity contribution is -0.121. The second-order valence-electron chi connectivity index (χ2n) is 7.27. The third-order valence-electron chi connectivity index (χ3n) is 5.06. The van der Waals surface area contributed by atoms with Crippen LogP contribution in [0.2, 0.25) is 0 Å². The van der Waals surface area contributed by atoms with Crippen LogP contribution in [0, 0.1) is 6.92 Å². The van der Waals surface area contributed by atoms with E-state index in [1.54, 1.807) is 15.4 Å². The normalized spacial score (nSPS) is 15.5. The maximum atomic E-state index is 13.2. The standard InChI is InChI=1S/C21H25N5O3S/c1-3-29-10-4-9-22-18(27)11-16-13-30-21-24-19-17(20(28)25(16)21)12-23-26(19)15-7-5-14(2)6-8-15/h5-8,12,16H,3-4,9-11,13H2,1-2H3,(H,22,27). The van der Waals surface area contributed by atoms with Gasteiger partial charge >= 0.3 is 0 Å². The molecule has 3 heterocycles. The summed E-state index contributed by atoms with van der Waals surface area (Å²) in [4.78, 5) is 30.2. The maximum absolute atomic E-state index is 13.2. The number of aromatic nitrogens is 4. The molecule has 30 heavy (non-hydrogen) atoms. The molecule has 4 rings (SSSR count). The molecule has 0 saturated heterocycles. The number of amides is 1. The number of ether oxygens (including phenoxy) is 1. The second kappa shape index (κ2) is 9.01. The zero-order valence-corrected chi connectivity index (χ0v) is 17.9. The van der Waals surface area contributed by atoms with Crippen molar-refractivity contribution in [3.05, 3.63) is 46.4 Å². The van der Waals surface area contributed by atoms with Crippen molar-refractivity contribution in [2.45, 2.75) is 37.9 Å². The van der Waals surface area contributed by atoms with E-state index in [4.69, 9.17) is 9.72 Å². The van der Waals surface area contributed by atoms with Gasteiger partial charge in [0.2, 0.25) is 5.91 Å². The molecule has 1 N–H and O–H groups in total. The Labute approximate surface area is 178 Å². The quantitative estimate of drug-likeness (QED) is 0.439. The fraction of sp³-hybridized carbons (Fsp3) is 0.429. The fourth-order valence-corrected chi connectivity index (χ4v) is 4.62. The number of benzene rings is 1. The Morgan fingerprint density at radius 2 is 2.13 bits per heavy atom. The summed E-state index contributed by atoms with van der Waals surface area (Å²) in [5.41, 5.74) is 2.41. The summed E-state index contributed by atoms with van der Waals surface area (Å²) in [7, 11) is 0. The molecule has 0 fully saturated rings. The first-order valence-electron chi connectivity index (χ1n) is 10.1. The lowest BCUT2D eigenvalue weighted by Crippen LogP contribution is -2.31. The van der Waals surface area contributed by atoms with E-state index < -0.39 is 0 Å². The largest absolute Gasteiger partial charge is 0.382 e. The molecule has 1 aromatic carbocycles. The highest BCUT2D eigenvalue weighted by atomic mass is 32.2. The van der Waals surface area contributed by atoms with E-state index in [1.165, 1.54) is 11.8 Å². The number of carbonyl (C=O) groups is 1. The average molecular weight is 428 g/mol. The third kappa shape index (κ3) is 4.13. The Morgan fingerprint density at radius 1 is 1.33 bits per heavy atom. The smallest absolute Gasteiger partial charge is 0.265 e. The minimum Gasteiger partial charge on any atom is -0.382 e. The van der Waals surface area contributed by atoms with Gasteiger partial charge in [0, 0.05) is 31.9 Å². The number of hydrogen-bond donors (Lipinski definition) is 1. The topological polar surface area (TPSA) is 91.0 Å². The predicted octanol–water partition coefficient (Wildman–Crippen LogP) is 2.47. The molecule has 0 aliphatic carbocycles. The molecule has 0 radical (unpaired) electrons. The van der Waals surface area contributed by atoms with Crippen molar-refractivity contribution in [3.8, 4) is 5.69 Å². The number of carbonyl (C=O) groups excluding carboxylic acids is 1. The summed E-state index contributed by atoms with van der Waals surface area (Å²) in [6.07, 6.45) is 2.59. The van der Waals surface area contributed by atoms with E-state index in [2.05, 4.69) is 10.4 Å². The number of fused-ring (bicyclic) bond motifs is 2. The van der Waals surface area contributed by atoms with Gasteiger partial charge in [0.1, 0.15) is 5.39 Å². The monoisotopic (exact) mass is 427 g/mol. The molecular formula is C21H25N5O3S. The summed E-state index contributed by atoms with van der Waals surface area (Å²) in [6, 6.07) is 7.71. The van der Waals surface area contributed by atoms with E-state index in [0.717, 1.165) is 17.7 Å². The van der Waals surface area contributed by atoms with Crippen molar-refractivity contribution in [2.24, 2.45) is 0 Å². The van der Waals surface area contributed by atoms with Gasteiger partial charge in [0.05, 0.1) is 17.9 Å². The summed E-state index contributed by atoms with van der Waals surface area (Å²) < 4.78 is 8.61. The molecule has 2 aromatic heterocycles. The molecular weight excluding hydrogens is 402 g/mol. The SMILES string of the molecule is CCOCCCNC(=O)CC1CSc2nc3c(cnn3-c3ccc(C)cc3)c(=O)n21. The minimum absolute atomic E-state index is 0.0627. The summed E-state index contributed by atoms with van der Waals surface area (Å²) >= 11 is 1.50. The van der Waals surface area contributed by atoms with E-state index in [-0.39, 0.29) is 23.9 Å². The zero-order chi connectivity index (χ0) is 21.1. The van der Waals surface area contributed by atoms with Gasteiger partial charge in [-0.25, -0.2) is 9.67 Å². The van der Waals surface area contributed by atoms with Crippen LogP contribution < -0.4 is 10.9 Å². The van der Waals surface area contributed by atoms with Gasteiger partial charge < -0.3 is 10.1 Å². The van der Waals surface area contributed by atoms with Gasteiger partial charge in [-0.3, -0.25) is 14.2 Å². The van der Waals surface area contributed by atoms with Gasteiger partial charge in [-0.05, 0) is 32.4 Å². The van der Waals surface area contributed by atoms with E-state index in [1.807, 2.05) is 38.1 Å². The second-order valence-corrected chi connectivity index (χ2v) is 8.26. The molecule has 1 aliphatic rings. The zero-order valence-electron chi connectivity index (χ0n) is 17.1. The Kier molecular flexibility index (Phi) is 6.19. The molecule has 9 heteroatoms. The number of nitrogens with zero attached hydrogens (tertiary/aromatic N) is 4. The molecule has 0 bridgehead atoms. The molecule has 1 aliphatic heterocycles. The summed E-state index contributed by atoms with van der Waals surface area (Å²) in [5, 5.41) is 8.39. The number of aryl methyl sites for hydroxylation is 1. The van der Waals surface area contributed by atoms with E-state index >= 15 is 0 Å². The van der Waals surface area contributed by atoms with Gasteiger partial charge in [-0.2, -0.15) is 5.10 Å². The first kappa shape index (κ1) is 20.6. The molecule has 3 aromatic rings. The van der Waals surface area contributed by atoms with Crippen LogP contribution in [-0.4, -0.2) is 50.8 Å². The van der Waals surface area contributed by atoms with Crippen LogP contribution in [0.5, 0.6) is 0 Å². The third-order valence-corrected chi connectivity index (χ3v) is 6.16. The Bertz CT molecular complexity index is 1110. The molecule has 158 valence electrons. The molecule has 1 atom stereocenters.